The Morgan fingerprint density at radius 3 is 2.74 bits per heavy atom. The van der Waals surface area contributed by atoms with E-state index in [1.807, 2.05) is 11.8 Å². The van der Waals surface area contributed by atoms with Crippen LogP contribution < -0.4 is 16.6 Å². The average molecular weight is 282 g/mol. The fourth-order valence-electron chi connectivity index (χ4n) is 2.18. The summed E-state index contributed by atoms with van der Waals surface area (Å²) in [5.41, 5.74) is 3.66. The van der Waals surface area contributed by atoms with Gasteiger partial charge in [-0.25, -0.2) is 15.8 Å². The van der Waals surface area contributed by atoms with Crippen LogP contribution in [-0.2, 0) is 6.42 Å². The molecule has 1 saturated heterocycles. The third-order valence-electron chi connectivity index (χ3n) is 3.26. The first-order valence-corrected chi connectivity index (χ1v) is 7.85. The summed E-state index contributed by atoms with van der Waals surface area (Å²) in [6.07, 6.45) is 2.39. The summed E-state index contributed by atoms with van der Waals surface area (Å²) in [4.78, 5) is 10.9. The maximum atomic E-state index is 5.46. The largest absolute Gasteiger partial charge is 0.368 e. The molecule has 0 spiro atoms. The minimum absolute atomic E-state index is 0.703. The Bertz CT molecular complexity index is 394. The molecule has 7 heteroatoms. The molecule has 1 aromatic heterocycles. The Balaban J connectivity index is 1.88. The molecule has 2 heterocycles. The van der Waals surface area contributed by atoms with Crippen molar-refractivity contribution in [2.24, 2.45) is 5.84 Å². The zero-order valence-electron chi connectivity index (χ0n) is 11.4. The first kappa shape index (κ1) is 14.4. The van der Waals surface area contributed by atoms with Crippen LogP contribution in [0, 0.1) is 0 Å². The van der Waals surface area contributed by atoms with Gasteiger partial charge in [0.25, 0.3) is 0 Å². The topological polar surface area (TPSA) is 79.1 Å². The molecule has 0 atom stereocenters. The molecular weight excluding hydrogens is 260 g/mol. The molecule has 2 rings (SSSR count). The second kappa shape index (κ2) is 7.52. The van der Waals surface area contributed by atoms with Crippen molar-refractivity contribution in [3.63, 3.8) is 0 Å². The summed E-state index contributed by atoms with van der Waals surface area (Å²) < 4.78 is 0. The molecular formula is C12H22N6S. The van der Waals surface area contributed by atoms with E-state index in [2.05, 4.69) is 32.5 Å². The Morgan fingerprint density at radius 2 is 2.05 bits per heavy atom. The van der Waals surface area contributed by atoms with Crippen molar-refractivity contribution >= 4 is 23.4 Å². The minimum Gasteiger partial charge on any atom is -0.368 e. The summed E-state index contributed by atoms with van der Waals surface area (Å²) in [7, 11) is 0. The molecule has 4 N–H and O–H groups in total. The molecule has 0 amide bonds. The highest BCUT2D eigenvalue weighted by molar-refractivity contribution is 7.99. The van der Waals surface area contributed by atoms with Crippen LogP contribution in [0.2, 0.25) is 0 Å². The summed E-state index contributed by atoms with van der Waals surface area (Å²) in [5, 5.41) is 3.39. The number of aromatic nitrogens is 2. The maximum Gasteiger partial charge on any atom is 0.148 e. The number of hydrogen-bond acceptors (Lipinski definition) is 7. The van der Waals surface area contributed by atoms with Crippen LogP contribution in [0.4, 0.5) is 11.6 Å². The SMILES string of the molecule is CCc1c(NN)ncnc1NCCN1CCSCC1. The van der Waals surface area contributed by atoms with E-state index in [1.54, 1.807) is 0 Å². The summed E-state index contributed by atoms with van der Waals surface area (Å²) in [6, 6.07) is 0. The highest BCUT2D eigenvalue weighted by Crippen LogP contribution is 2.19. The maximum absolute atomic E-state index is 5.46. The quantitative estimate of drug-likeness (QED) is 0.526. The lowest BCUT2D eigenvalue weighted by Crippen LogP contribution is -2.36. The number of anilines is 2. The number of rotatable bonds is 6. The van der Waals surface area contributed by atoms with E-state index in [4.69, 9.17) is 5.84 Å². The zero-order chi connectivity index (χ0) is 13.5. The first-order valence-electron chi connectivity index (χ1n) is 6.69. The van der Waals surface area contributed by atoms with Crippen molar-refractivity contribution in [3.8, 4) is 0 Å². The first-order chi connectivity index (χ1) is 9.35. The molecule has 19 heavy (non-hydrogen) atoms. The van der Waals surface area contributed by atoms with Gasteiger partial charge in [-0.2, -0.15) is 11.8 Å². The normalized spacial score (nSPS) is 16.3. The number of nitrogens with two attached hydrogens (primary N) is 1. The van der Waals surface area contributed by atoms with Gasteiger partial charge >= 0.3 is 0 Å². The monoisotopic (exact) mass is 282 g/mol. The fourth-order valence-corrected chi connectivity index (χ4v) is 3.16. The molecule has 0 aromatic carbocycles. The average Bonchev–Trinajstić information content (AvgIpc) is 2.48. The zero-order valence-corrected chi connectivity index (χ0v) is 12.2. The molecule has 0 saturated carbocycles. The molecule has 106 valence electrons. The molecule has 1 aromatic rings. The van der Waals surface area contributed by atoms with Crippen molar-refractivity contribution in [2.45, 2.75) is 13.3 Å². The van der Waals surface area contributed by atoms with Crippen LogP contribution in [0.3, 0.4) is 0 Å². The Morgan fingerprint density at radius 1 is 1.32 bits per heavy atom. The van der Waals surface area contributed by atoms with Gasteiger partial charge in [0.1, 0.15) is 18.0 Å². The Labute approximate surface area is 118 Å². The highest BCUT2D eigenvalue weighted by atomic mass is 32.2. The van der Waals surface area contributed by atoms with Crippen molar-refractivity contribution in [1.82, 2.24) is 14.9 Å². The van der Waals surface area contributed by atoms with Gasteiger partial charge in [-0.15, -0.1) is 0 Å². The second-order valence-electron chi connectivity index (χ2n) is 4.43. The van der Waals surface area contributed by atoms with Gasteiger partial charge in [0.05, 0.1) is 0 Å². The second-order valence-corrected chi connectivity index (χ2v) is 5.65. The molecule has 0 bridgehead atoms. The van der Waals surface area contributed by atoms with Crippen LogP contribution in [0.25, 0.3) is 0 Å². The van der Waals surface area contributed by atoms with E-state index in [9.17, 15) is 0 Å². The third kappa shape index (κ3) is 3.95. The predicted molar refractivity (Wildman–Crippen MR) is 81.5 cm³/mol. The van der Waals surface area contributed by atoms with Gasteiger partial charge in [0, 0.05) is 43.2 Å². The number of nitrogen functional groups attached to an aromatic ring is 1. The van der Waals surface area contributed by atoms with Gasteiger partial charge in [0.2, 0.25) is 0 Å². The number of hydrogen-bond donors (Lipinski definition) is 3. The van der Waals surface area contributed by atoms with Gasteiger partial charge in [-0.1, -0.05) is 6.92 Å². The van der Waals surface area contributed by atoms with Gasteiger partial charge in [0.15, 0.2) is 0 Å². The summed E-state index contributed by atoms with van der Waals surface area (Å²) in [5.74, 6) is 9.54. The van der Waals surface area contributed by atoms with Crippen LogP contribution in [0.1, 0.15) is 12.5 Å². The summed E-state index contributed by atoms with van der Waals surface area (Å²) in [6.45, 7) is 6.41. The van der Waals surface area contributed by atoms with Crippen LogP contribution >= 0.6 is 11.8 Å². The van der Waals surface area contributed by atoms with Gasteiger partial charge < -0.3 is 10.7 Å². The Kier molecular flexibility index (Phi) is 5.68. The van der Waals surface area contributed by atoms with E-state index in [0.29, 0.717) is 5.82 Å². The number of nitrogens with zero attached hydrogens (tertiary/aromatic N) is 3. The smallest absolute Gasteiger partial charge is 0.148 e. The van der Waals surface area contributed by atoms with Crippen LogP contribution in [0.5, 0.6) is 0 Å². The molecule has 1 aliphatic heterocycles. The predicted octanol–water partition coefficient (Wildman–Crippen LogP) is 0.785. The highest BCUT2D eigenvalue weighted by Gasteiger charge is 2.11. The van der Waals surface area contributed by atoms with E-state index in [1.165, 1.54) is 30.9 Å². The van der Waals surface area contributed by atoms with Crippen molar-refractivity contribution < 1.29 is 0 Å². The van der Waals surface area contributed by atoms with E-state index in [-0.39, 0.29) is 0 Å². The van der Waals surface area contributed by atoms with Crippen molar-refractivity contribution in [1.29, 1.82) is 0 Å². The molecule has 0 radical (unpaired) electrons. The number of thioether (sulfide) groups is 1. The molecule has 1 aliphatic rings. The molecule has 0 unspecified atom stereocenters. The van der Waals surface area contributed by atoms with E-state index >= 15 is 0 Å². The van der Waals surface area contributed by atoms with Crippen molar-refractivity contribution in [2.75, 3.05) is 48.4 Å². The van der Waals surface area contributed by atoms with Crippen LogP contribution in [0.15, 0.2) is 6.33 Å². The number of hydrazine groups is 1. The third-order valence-corrected chi connectivity index (χ3v) is 4.20. The lowest BCUT2D eigenvalue weighted by Gasteiger charge is -2.26. The molecule has 1 fully saturated rings. The minimum atomic E-state index is 0.703. The Hall–Kier alpha value is -1.05. The van der Waals surface area contributed by atoms with Gasteiger partial charge in [-0.3, -0.25) is 4.90 Å². The lowest BCUT2D eigenvalue weighted by atomic mass is 10.2. The number of nitrogens with one attached hydrogen (secondary N) is 2. The fraction of sp³-hybridized carbons (Fsp3) is 0.667. The lowest BCUT2D eigenvalue weighted by molar-refractivity contribution is 0.314. The van der Waals surface area contributed by atoms with Crippen LogP contribution in [-0.4, -0.2) is 52.6 Å². The van der Waals surface area contributed by atoms with Gasteiger partial charge in [-0.05, 0) is 6.42 Å². The van der Waals surface area contributed by atoms with E-state index in [0.717, 1.165) is 30.9 Å². The molecule has 6 nitrogen and oxygen atoms in total. The standard InChI is InChI=1S/C12H22N6S/c1-2-10-11(15-9-16-12(10)17-13)14-3-4-18-5-7-19-8-6-18/h9H,2-8,13H2,1H3,(H2,14,15,16,17). The molecule has 0 aliphatic carbocycles. The van der Waals surface area contributed by atoms with Crippen molar-refractivity contribution in [3.05, 3.63) is 11.9 Å². The summed E-state index contributed by atoms with van der Waals surface area (Å²) >= 11 is 2.03. The van der Waals surface area contributed by atoms with E-state index < -0.39 is 0 Å².